The van der Waals surface area contributed by atoms with Gasteiger partial charge in [0.05, 0.1) is 27.4 Å². The summed E-state index contributed by atoms with van der Waals surface area (Å²) in [6.45, 7) is 6.09. The van der Waals surface area contributed by atoms with E-state index in [4.69, 9.17) is 18.9 Å². The van der Waals surface area contributed by atoms with Crippen LogP contribution in [0.4, 0.5) is 0 Å². The monoisotopic (exact) mass is 519 g/mol. The fraction of sp³-hybridized carbons (Fsp3) is 0.667. The van der Waals surface area contributed by atoms with E-state index in [1.54, 1.807) is 28.4 Å². The van der Waals surface area contributed by atoms with E-state index in [2.05, 4.69) is 29.5 Å². The zero-order chi connectivity index (χ0) is 20.3. The van der Waals surface area contributed by atoms with Crippen molar-refractivity contribution in [2.45, 2.75) is 38.8 Å². The Bertz CT molecular complexity index is 701. The summed E-state index contributed by atoms with van der Waals surface area (Å²) in [5.41, 5.74) is 1.11. The Morgan fingerprint density at radius 2 is 1.83 bits per heavy atom. The zero-order valence-corrected chi connectivity index (χ0v) is 20.5. The Balaban J connectivity index is 0.00000300. The van der Waals surface area contributed by atoms with Gasteiger partial charge in [0, 0.05) is 55.3 Å². The molecule has 2 fully saturated rings. The number of benzene rings is 1. The number of rotatable bonds is 7. The fourth-order valence-corrected chi connectivity index (χ4v) is 4.59. The van der Waals surface area contributed by atoms with Crippen molar-refractivity contribution in [1.29, 1.82) is 0 Å². The lowest BCUT2D eigenvalue weighted by molar-refractivity contribution is -0.106. The molecule has 3 unspecified atom stereocenters. The van der Waals surface area contributed by atoms with Crippen LogP contribution in [0.25, 0.3) is 0 Å². The molecule has 1 aromatic rings. The molecule has 7 nitrogen and oxygen atoms in total. The molecule has 164 valence electrons. The normalized spacial score (nSPS) is 24.6. The van der Waals surface area contributed by atoms with E-state index in [0.29, 0.717) is 30.4 Å². The van der Waals surface area contributed by atoms with Crippen LogP contribution in [0, 0.1) is 11.3 Å². The minimum Gasteiger partial charge on any atom is -0.496 e. The molecule has 0 aromatic heterocycles. The van der Waals surface area contributed by atoms with Crippen LogP contribution >= 0.6 is 24.0 Å². The molecule has 8 heteroatoms. The van der Waals surface area contributed by atoms with Gasteiger partial charge in [-0.1, -0.05) is 13.8 Å². The summed E-state index contributed by atoms with van der Waals surface area (Å²) in [7, 11) is 6.75. The second kappa shape index (κ2) is 10.1. The number of aliphatic imine (C=N–C) groups is 1. The molecular formula is C21H34IN3O4. The van der Waals surface area contributed by atoms with Crippen molar-refractivity contribution < 1.29 is 18.9 Å². The van der Waals surface area contributed by atoms with Crippen LogP contribution in [0.15, 0.2) is 17.1 Å². The molecule has 1 aliphatic carbocycles. The van der Waals surface area contributed by atoms with E-state index in [1.807, 2.05) is 12.1 Å². The van der Waals surface area contributed by atoms with E-state index < -0.39 is 0 Å². The van der Waals surface area contributed by atoms with Crippen molar-refractivity contribution in [3.63, 3.8) is 0 Å². The number of fused-ring (bicyclic) bond motifs is 1. The summed E-state index contributed by atoms with van der Waals surface area (Å²) >= 11 is 0. The summed E-state index contributed by atoms with van der Waals surface area (Å²) in [5, 5.41) is 7.02. The van der Waals surface area contributed by atoms with Gasteiger partial charge in [-0.2, -0.15) is 0 Å². The molecule has 0 radical (unpaired) electrons. The van der Waals surface area contributed by atoms with Crippen LogP contribution in [0.5, 0.6) is 17.2 Å². The van der Waals surface area contributed by atoms with Crippen molar-refractivity contribution in [2.24, 2.45) is 16.3 Å². The maximum Gasteiger partial charge on any atom is 0.191 e. The fourth-order valence-electron chi connectivity index (χ4n) is 4.59. The quantitative estimate of drug-likeness (QED) is 0.328. The van der Waals surface area contributed by atoms with Gasteiger partial charge in [-0.3, -0.25) is 4.99 Å². The minimum absolute atomic E-state index is 0. The minimum atomic E-state index is 0. The molecule has 0 amide bonds. The van der Waals surface area contributed by atoms with Crippen LogP contribution in [-0.4, -0.2) is 59.6 Å². The number of methoxy groups -OCH3 is 3. The first kappa shape index (κ1) is 23.9. The van der Waals surface area contributed by atoms with E-state index in [-0.39, 0.29) is 29.4 Å². The molecule has 3 atom stereocenters. The number of ether oxygens (including phenoxy) is 4. The Kier molecular flexibility index (Phi) is 8.28. The highest BCUT2D eigenvalue weighted by Crippen LogP contribution is 2.52. The van der Waals surface area contributed by atoms with Crippen LogP contribution in [-0.2, 0) is 11.2 Å². The largest absolute Gasteiger partial charge is 0.496 e. The molecule has 1 aromatic carbocycles. The average molecular weight is 519 g/mol. The highest BCUT2D eigenvalue weighted by molar-refractivity contribution is 14.0. The molecule has 0 spiro atoms. The van der Waals surface area contributed by atoms with Crippen LogP contribution in [0.2, 0.25) is 0 Å². The van der Waals surface area contributed by atoms with Gasteiger partial charge < -0.3 is 29.6 Å². The zero-order valence-electron chi connectivity index (χ0n) is 18.2. The first-order valence-corrected chi connectivity index (χ1v) is 9.84. The number of guanidine groups is 1. The predicted octanol–water partition coefficient (Wildman–Crippen LogP) is 2.85. The number of nitrogens with one attached hydrogen (secondary N) is 2. The third kappa shape index (κ3) is 4.68. The molecular weight excluding hydrogens is 485 g/mol. The lowest BCUT2D eigenvalue weighted by atomic mass is 9.57. The van der Waals surface area contributed by atoms with Crippen LogP contribution in [0.1, 0.15) is 25.8 Å². The SMILES string of the molecule is CN=C(NCCc1c(OC)cc(OC)cc1OC)NC1C2CCOC2C1(C)C.I. The van der Waals surface area contributed by atoms with Crippen molar-refractivity contribution in [3.8, 4) is 17.2 Å². The standard InChI is InChI=1S/C21H33N3O4.HI/c1-21(2)18(15-8-10-28-19(15)21)24-20(22-3)23-9-7-14-16(26-5)11-13(25-4)12-17(14)27-6;/h11-12,15,18-19H,7-10H2,1-6H3,(H2,22,23,24);1H. The molecule has 3 rings (SSSR count). The third-order valence-electron chi connectivity index (χ3n) is 6.10. The predicted molar refractivity (Wildman–Crippen MR) is 125 cm³/mol. The second-order valence-corrected chi connectivity index (χ2v) is 7.95. The van der Waals surface area contributed by atoms with Crippen molar-refractivity contribution in [2.75, 3.05) is 41.5 Å². The summed E-state index contributed by atoms with van der Waals surface area (Å²) < 4.78 is 22.3. The Morgan fingerprint density at radius 3 is 2.38 bits per heavy atom. The number of nitrogens with zero attached hydrogens (tertiary/aromatic N) is 1. The highest BCUT2D eigenvalue weighted by atomic mass is 127. The lowest BCUT2D eigenvalue weighted by Crippen LogP contribution is -2.68. The molecule has 1 saturated heterocycles. The first-order valence-electron chi connectivity index (χ1n) is 9.84. The topological polar surface area (TPSA) is 73.3 Å². The van der Waals surface area contributed by atoms with Crippen molar-refractivity contribution in [1.82, 2.24) is 10.6 Å². The average Bonchev–Trinajstić information content (AvgIpc) is 3.17. The molecule has 2 N–H and O–H groups in total. The molecule has 29 heavy (non-hydrogen) atoms. The Morgan fingerprint density at radius 1 is 1.17 bits per heavy atom. The first-order chi connectivity index (χ1) is 13.5. The summed E-state index contributed by atoms with van der Waals surface area (Å²) in [4.78, 5) is 4.40. The Labute approximate surface area is 190 Å². The highest BCUT2D eigenvalue weighted by Gasteiger charge is 2.59. The van der Waals surface area contributed by atoms with E-state index >= 15 is 0 Å². The second-order valence-electron chi connectivity index (χ2n) is 7.95. The number of hydrogen-bond acceptors (Lipinski definition) is 5. The van der Waals surface area contributed by atoms with Crippen molar-refractivity contribution >= 4 is 29.9 Å². The lowest BCUT2D eigenvalue weighted by Gasteiger charge is -2.54. The van der Waals surface area contributed by atoms with Gasteiger partial charge in [0.1, 0.15) is 17.2 Å². The number of halogens is 1. The van der Waals surface area contributed by atoms with Gasteiger partial charge in [0.15, 0.2) is 5.96 Å². The van der Waals surface area contributed by atoms with Gasteiger partial charge >= 0.3 is 0 Å². The summed E-state index contributed by atoms with van der Waals surface area (Å²) in [6.07, 6.45) is 2.21. The number of hydrogen-bond donors (Lipinski definition) is 2. The van der Waals surface area contributed by atoms with Gasteiger partial charge in [0.25, 0.3) is 0 Å². The summed E-state index contributed by atoms with van der Waals surface area (Å²) in [5.74, 6) is 3.60. The van der Waals surface area contributed by atoms with E-state index in [9.17, 15) is 0 Å². The maximum absolute atomic E-state index is 5.88. The molecule has 1 aliphatic heterocycles. The van der Waals surface area contributed by atoms with E-state index in [1.165, 1.54) is 0 Å². The Hall–Kier alpha value is -1.42. The van der Waals surface area contributed by atoms with Gasteiger partial charge in [-0.05, 0) is 12.8 Å². The smallest absolute Gasteiger partial charge is 0.191 e. The van der Waals surface area contributed by atoms with Crippen LogP contribution < -0.4 is 24.8 Å². The maximum atomic E-state index is 5.88. The summed E-state index contributed by atoms with van der Waals surface area (Å²) in [6, 6.07) is 4.13. The van der Waals surface area contributed by atoms with E-state index in [0.717, 1.165) is 42.5 Å². The van der Waals surface area contributed by atoms with Crippen molar-refractivity contribution in [3.05, 3.63) is 17.7 Å². The molecule has 2 aliphatic rings. The van der Waals surface area contributed by atoms with Gasteiger partial charge in [-0.15, -0.1) is 24.0 Å². The molecule has 1 heterocycles. The van der Waals surface area contributed by atoms with Gasteiger partial charge in [-0.25, -0.2) is 0 Å². The van der Waals surface area contributed by atoms with Gasteiger partial charge in [0.2, 0.25) is 0 Å². The molecule has 1 saturated carbocycles. The van der Waals surface area contributed by atoms with Crippen LogP contribution in [0.3, 0.4) is 0 Å². The molecule has 0 bridgehead atoms. The third-order valence-corrected chi connectivity index (χ3v) is 6.10.